The summed E-state index contributed by atoms with van der Waals surface area (Å²) in [7, 11) is 0. The maximum absolute atomic E-state index is 9.63. The largest absolute Gasteiger partial charge is 0.393 e. The Labute approximate surface area is 154 Å². The molecule has 0 spiro atoms. The maximum Gasteiger partial charge on any atom is 0.223 e. The zero-order valence-corrected chi connectivity index (χ0v) is 15.4. The molecule has 0 amide bonds. The van der Waals surface area contributed by atoms with E-state index in [9.17, 15) is 5.11 Å². The first kappa shape index (κ1) is 17.0. The van der Waals surface area contributed by atoms with Crippen LogP contribution >= 0.6 is 0 Å². The van der Waals surface area contributed by atoms with Gasteiger partial charge in [0, 0.05) is 17.6 Å². The minimum atomic E-state index is -0.145. The number of nitrogens with zero attached hydrogens (tertiary/aromatic N) is 2. The molecule has 0 unspecified atom stereocenters. The summed E-state index contributed by atoms with van der Waals surface area (Å²) in [4.78, 5) is 9.20. The smallest absolute Gasteiger partial charge is 0.223 e. The highest BCUT2D eigenvalue weighted by Crippen LogP contribution is 2.29. The Morgan fingerprint density at radius 3 is 2.46 bits per heavy atom. The van der Waals surface area contributed by atoms with Crippen LogP contribution in [-0.4, -0.2) is 27.2 Å². The Hall–Kier alpha value is -2.46. The average molecular weight is 347 g/mol. The van der Waals surface area contributed by atoms with E-state index in [-0.39, 0.29) is 6.10 Å². The fourth-order valence-electron chi connectivity index (χ4n) is 3.93. The van der Waals surface area contributed by atoms with Crippen molar-refractivity contribution in [1.82, 2.24) is 9.97 Å². The Balaban J connectivity index is 1.60. The zero-order valence-electron chi connectivity index (χ0n) is 15.4. The van der Waals surface area contributed by atoms with Crippen LogP contribution in [0.25, 0.3) is 22.0 Å². The van der Waals surface area contributed by atoms with Gasteiger partial charge in [0.2, 0.25) is 5.95 Å². The van der Waals surface area contributed by atoms with E-state index in [1.54, 1.807) is 0 Å². The van der Waals surface area contributed by atoms with Gasteiger partial charge in [0.1, 0.15) is 0 Å². The Kier molecular flexibility index (Phi) is 4.60. The lowest BCUT2D eigenvalue weighted by Gasteiger charge is -2.26. The fraction of sp³-hybridized carbons (Fsp3) is 0.364. The third kappa shape index (κ3) is 3.42. The van der Waals surface area contributed by atoms with Crippen molar-refractivity contribution in [2.24, 2.45) is 0 Å². The van der Waals surface area contributed by atoms with Crippen LogP contribution in [0.15, 0.2) is 42.6 Å². The average Bonchev–Trinajstić information content (AvgIpc) is 2.63. The first-order valence-electron chi connectivity index (χ1n) is 9.38. The molecule has 2 N–H and O–H groups in total. The highest BCUT2D eigenvalue weighted by Gasteiger charge is 2.19. The van der Waals surface area contributed by atoms with Crippen LogP contribution < -0.4 is 5.32 Å². The summed E-state index contributed by atoms with van der Waals surface area (Å²) in [6.45, 7) is 4.30. The number of fused-ring (bicyclic) bond motifs is 1. The lowest BCUT2D eigenvalue weighted by Crippen LogP contribution is -2.28. The van der Waals surface area contributed by atoms with E-state index in [1.165, 1.54) is 22.3 Å². The number of aliphatic hydroxyl groups excluding tert-OH is 1. The summed E-state index contributed by atoms with van der Waals surface area (Å²) in [5.74, 6) is 0.679. The van der Waals surface area contributed by atoms with E-state index in [4.69, 9.17) is 0 Å². The normalized spacial score (nSPS) is 20.3. The van der Waals surface area contributed by atoms with Gasteiger partial charge < -0.3 is 10.4 Å². The van der Waals surface area contributed by atoms with Gasteiger partial charge in [-0.15, -0.1) is 0 Å². The molecular formula is C22H25N3O. The summed E-state index contributed by atoms with van der Waals surface area (Å²) in [5, 5.41) is 14.1. The van der Waals surface area contributed by atoms with Crippen LogP contribution in [-0.2, 0) is 0 Å². The van der Waals surface area contributed by atoms with Gasteiger partial charge in [0.25, 0.3) is 0 Å². The monoisotopic (exact) mass is 347 g/mol. The molecule has 26 heavy (non-hydrogen) atoms. The van der Waals surface area contributed by atoms with Gasteiger partial charge in [-0.05, 0) is 73.9 Å². The maximum atomic E-state index is 9.63. The first-order chi connectivity index (χ1) is 12.6. The molecule has 0 bridgehead atoms. The number of aromatic nitrogens is 2. The van der Waals surface area contributed by atoms with Crippen molar-refractivity contribution < 1.29 is 5.11 Å². The van der Waals surface area contributed by atoms with E-state index in [2.05, 4.69) is 65.5 Å². The number of nitrogens with one attached hydrogen (secondary N) is 1. The number of anilines is 1. The molecule has 4 nitrogen and oxygen atoms in total. The quantitative estimate of drug-likeness (QED) is 0.725. The minimum Gasteiger partial charge on any atom is -0.393 e. The molecule has 1 aromatic heterocycles. The third-order valence-electron chi connectivity index (χ3n) is 5.38. The topological polar surface area (TPSA) is 58.0 Å². The first-order valence-corrected chi connectivity index (χ1v) is 9.38. The molecule has 4 heteroatoms. The second-order valence-corrected chi connectivity index (χ2v) is 7.38. The van der Waals surface area contributed by atoms with Crippen LogP contribution in [0.1, 0.15) is 36.8 Å². The number of aliphatic hydroxyl groups is 1. The van der Waals surface area contributed by atoms with Crippen LogP contribution in [0.4, 0.5) is 5.95 Å². The number of hydrogen-bond acceptors (Lipinski definition) is 4. The van der Waals surface area contributed by atoms with E-state index in [0.717, 1.165) is 36.6 Å². The van der Waals surface area contributed by atoms with Crippen molar-refractivity contribution in [3.8, 4) is 11.1 Å². The summed E-state index contributed by atoms with van der Waals surface area (Å²) >= 11 is 0. The van der Waals surface area contributed by atoms with Gasteiger partial charge in [-0.1, -0.05) is 24.3 Å². The lowest BCUT2D eigenvalue weighted by molar-refractivity contribution is 0.126. The molecule has 134 valence electrons. The van der Waals surface area contributed by atoms with E-state index >= 15 is 0 Å². The highest BCUT2D eigenvalue weighted by molar-refractivity contribution is 5.85. The fourth-order valence-corrected chi connectivity index (χ4v) is 3.93. The molecule has 1 saturated carbocycles. The molecule has 1 aliphatic rings. The Morgan fingerprint density at radius 1 is 1.00 bits per heavy atom. The molecule has 0 atom stereocenters. The van der Waals surface area contributed by atoms with Gasteiger partial charge in [0.15, 0.2) is 0 Å². The predicted octanol–water partition coefficient (Wildman–Crippen LogP) is 4.63. The highest BCUT2D eigenvalue weighted by atomic mass is 16.3. The number of aryl methyl sites for hydroxylation is 2. The molecule has 0 radical (unpaired) electrons. The molecule has 2 aromatic carbocycles. The Morgan fingerprint density at radius 2 is 1.73 bits per heavy atom. The summed E-state index contributed by atoms with van der Waals surface area (Å²) < 4.78 is 0. The van der Waals surface area contributed by atoms with Crippen molar-refractivity contribution in [1.29, 1.82) is 0 Å². The lowest BCUT2D eigenvalue weighted by atomic mass is 9.93. The van der Waals surface area contributed by atoms with Gasteiger partial charge in [-0.25, -0.2) is 9.97 Å². The van der Waals surface area contributed by atoms with Crippen LogP contribution in [0.5, 0.6) is 0 Å². The second-order valence-electron chi connectivity index (χ2n) is 7.38. The molecule has 1 heterocycles. The Bertz CT molecular complexity index is 910. The van der Waals surface area contributed by atoms with E-state index in [1.807, 2.05) is 6.20 Å². The van der Waals surface area contributed by atoms with Crippen LogP contribution in [0, 0.1) is 13.8 Å². The molecular weight excluding hydrogens is 322 g/mol. The summed E-state index contributed by atoms with van der Waals surface area (Å²) in [6, 6.07) is 13.1. The van der Waals surface area contributed by atoms with Crippen molar-refractivity contribution in [2.75, 3.05) is 5.32 Å². The van der Waals surface area contributed by atoms with Gasteiger partial charge in [-0.2, -0.15) is 0 Å². The molecule has 1 fully saturated rings. The summed E-state index contributed by atoms with van der Waals surface area (Å²) in [6.07, 6.45) is 5.39. The molecule has 1 aliphatic carbocycles. The number of benzene rings is 2. The van der Waals surface area contributed by atoms with Crippen molar-refractivity contribution in [3.63, 3.8) is 0 Å². The van der Waals surface area contributed by atoms with Gasteiger partial charge in [-0.3, -0.25) is 0 Å². The standard InChI is InChI=1S/C22H25N3O/c1-14-4-3-5-15(2)21(14)16-6-11-20-17(12-16)13-23-22(25-20)24-18-7-9-19(26)10-8-18/h3-6,11-13,18-19,26H,7-10H2,1-2H3,(H,23,24,25). The molecule has 3 aromatic rings. The number of hydrogen-bond donors (Lipinski definition) is 2. The van der Waals surface area contributed by atoms with Crippen molar-refractivity contribution in [3.05, 3.63) is 53.7 Å². The third-order valence-corrected chi connectivity index (χ3v) is 5.38. The summed E-state index contributed by atoms with van der Waals surface area (Å²) in [5.41, 5.74) is 6.01. The molecule has 0 aliphatic heterocycles. The SMILES string of the molecule is Cc1cccc(C)c1-c1ccc2nc(NC3CCC(O)CC3)ncc2c1. The zero-order chi connectivity index (χ0) is 18.1. The van der Waals surface area contributed by atoms with E-state index in [0.29, 0.717) is 12.0 Å². The van der Waals surface area contributed by atoms with Gasteiger partial charge in [0.05, 0.1) is 11.6 Å². The molecule has 4 rings (SSSR count). The molecule has 0 saturated heterocycles. The minimum absolute atomic E-state index is 0.145. The van der Waals surface area contributed by atoms with Crippen LogP contribution in [0.2, 0.25) is 0 Å². The number of rotatable bonds is 3. The second kappa shape index (κ2) is 7.04. The van der Waals surface area contributed by atoms with E-state index < -0.39 is 0 Å². The van der Waals surface area contributed by atoms with Crippen molar-refractivity contribution >= 4 is 16.9 Å². The van der Waals surface area contributed by atoms with Crippen molar-refractivity contribution in [2.45, 2.75) is 51.7 Å². The predicted molar refractivity (Wildman–Crippen MR) is 106 cm³/mol. The van der Waals surface area contributed by atoms with Gasteiger partial charge >= 0.3 is 0 Å². The van der Waals surface area contributed by atoms with Crippen LogP contribution in [0.3, 0.4) is 0 Å².